The van der Waals surface area contributed by atoms with Crippen molar-refractivity contribution in [1.82, 2.24) is 0 Å². The van der Waals surface area contributed by atoms with Gasteiger partial charge in [-0.3, -0.25) is 4.39 Å². The van der Waals surface area contributed by atoms with Crippen LogP contribution in [0.3, 0.4) is 0 Å². The summed E-state index contributed by atoms with van der Waals surface area (Å²) in [7, 11) is 0. The van der Waals surface area contributed by atoms with Gasteiger partial charge in [0.05, 0.1) is 12.7 Å². The van der Waals surface area contributed by atoms with Crippen LogP contribution in [0.1, 0.15) is 57.8 Å². The third kappa shape index (κ3) is 4.34. The summed E-state index contributed by atoms with van der Waals surface area (Å²) >= 11 is 0. The number of rotatable bonds is 4. The summed E-state index contributed by atoms with van der Waals surface area (Å²) in [6, 6.07) is 2.42. The van der Waals surface area contributed by atoms with E-state index in [1.54, 1.807) is 0 Å². The van der Waals surface area contributed by atoms with Crippen molar-refractivity contribution >= 4 is 0 Å². The zero-order valence-corrected chi connectivity index (χ0v) is 11.9. The standard InChI is InChI=1S/C17H26FN/c18-12-2-1-3-14-4-8-16(9-5-14)17-10-6-15(13-19)7-11-17/h1,3,14-17H,2,4-12H2/b3-1+/t14-,15?,16-,17?. The smallest absolute Gasteiger partial charge is 0.0928 e. The van der Waals surface area contributed by atoms with Crippen LogP contribution in [-0.4, -0.2) is 6.67 Å². The molecular formula is C17H26FN. The third-order valence-electron chi connectivity index (χ3n) is 5.12. The Hall–Kier alpha value is -0.840. The molecule has 19 heavy (non-hydrogen) atoms. The molecule has 0 spiro atoms. The van der Waals surface area contributed by atoms with Gasteiger partial charge in [0.2, 0.25) is 0 Å². The molecule has 2 rings (SSSR count). The lowest BCUT2D eigenvalue weighted by Crippen LogP contribution is -2.25. The van der Waals surface area contributed by atoms with Crippen LogP contribution in [0.2, 0.25) is 0 Å². The molecule has 0 aliphatic heterocycles. The van der Waals surface area contributed by atoms with Crippen molar-refractivity contribution in [3.63, 3.8) is 0 Å². The Kier molecular flexibility index (Phi) is 5.89. The van der Waals surface area contributed by atoms with E-state index in [-0.39, 0.29) is 6.67 Å². The average molecular weight is 263 g/mol. The second-order valence-electron chi connectivity index (χ2n) is 6.32. The van der Waals surface area contributed by atoms with Gasteiger partial charge in [-0.1, -0.05) is 12.2 Å². The molecule has 0 unspecified atom stereocenters. The highest BCUT2D eigenvalue weighted by molar-refractivity contribution is 4.93. The fourth-order valence-electron chi connectivity index (χ4n) is 3.88. The van der Waals surface area contributed by atoms with Gasteiger partial charge in [0.1, 0.15) is 0 Å². The summed E-state index contributed by atoms with van der Waals surface area (Å²) in [4.78, 5) is 0. The monoisotopic (exact) mass is 263 g/mol. The molecule has 0 atom stereocenters. The molecule has 0 aromatic carbocycles. The van der Waals surface area contributed by atoms with Crippen LogP contribution >= 0.6 is 0 Å². The summed E-state index contributed by atoms with van der Waals surface area (Å²) in [5.41, 5.74) is 0. The minimum Gasteiger partial charge on any atom is -0.251 e. The van der Waals surface area contributed by atoms with E-state index in [2.05, 4.69) is 12.1 Å². The Balaban J connectivity index is 1.70. The fraction of sp³-hybridized carbons (Fsp3) is 0.824. The molecule has 0 radical (unpaired) electrons. The van der Waals surface area contributed by atoms with E-state index in [0.29, 0.717) is 18.3 Å². The molecular weight excluding hydrogens is 237 g/mol. The Bertz CT molecular complexity index is 315. The zero-order chi connectivity index (χ0) is 13.5. The van der Waals surface area contributed by atoms with Gasteiger partial charge in [-0.05, 0) is 75.5 Å². The first kappa shape index (κ1) is 14.6. The molecule has 0 saturated heterocycles. The van der Waals surface area contributed by atoms with Gasteiger partial charge in [0.15, 0.2) is 0 Å². The summed E-state index contributed by atoms with van der Waals surface area (Å²) in [5, 5.41) is 8.94. The van der Waals surface area contributed by atoms with Crippen molar-refractivity contribution in [1.29, 1.82) is 5.26 Å². The van der Waals surface area contributed by atoms with Gasteiger partial charge in [-0.25, -0.2) is 0 Å². The first-order chi connectivity index (χ1) is 9.33. The van der Waals surface area contributed by atoms with E-state index in [0.717, 1.165) is 24.7 Å². The number of alkyl halides is 1. The molecule has 2 aliphatic carbocycles. The predicted octanol–water partition coefficient (Wildman–Crippen LogP) is 5.04. The van der Waals surface area contributed by atoms with Gasteiger partial charge in [-0.15, -0.1) is 0 Å². The molecule has 2 fully saturated rings. The maximum absolute atomic E-state index is 12.0. The lowest BCUT2D eigenvalue weighted by Gasteiger charge is -2.36. The number of halogens is 1. The maximum atomic E-state index is 12.0. The third-order valence-corrected chi connectivity index (χ3v) is 5.12. The molecule has 2 heteroatoms. The number of nitriles is 1. The largest absolute Gasteiger partial charge is 0.251 e. The van der Waals surface area contributed by atoms with Crippen LogP contribution < -0.4 is 0 Å². The van der Waals surface area contributed by atoms with E-state index >= 15 is 0 Å². The first-order valence-corrected chi connectivity index (χ1v) is 7.95. The molecule has 2 aliphatic rings. The number of hydrogen-bond donors (Lipinski definition) is 0. The van der Waals surface area contributed by atoms with E-state index in [4.69, 9.17) is 5.26 Å². The van der Waals surface area contributed by atoms with Crippen LogP contribution in [0.5, 0.6) is 0 Å². The minimum atomic E-state index is -0.228. The molecule has 2 saturated carbocycles. The van der Waals surface area contributed by atoms with E-state index in [1.165, 1.54) is 38.5 Å². The van der Waals surface area contributed by atoms with E-state index < -0.39 is 0 Å². The van der Waals surface area contributed by atoms with Crippen LogP contribution in [0.15, 0.2) is 12.2 Å². The normalized spacial score (nSPS) is 36.2. The van der Waals surface area contributed by atoms with Crippen molar-refractivity contribution in [2.75, 3.05) is 6.67 Å². The zero-order valence-electron chi connectivity index (χ0n) is 11.9. The van der Waals surface area contributed by atoms with Gasteiger partial charge >= 0.3 is 0 Å². The highest BCUT2D eigenvalue weighted by atomic mass is 19.1. The van der Waals surface area contributed by atoms with Gasteiger partial charge in [-0.2, -0.15) is 5.26 Å². The fourth-order valence-corrected chi connectivity index (χ4v) is 3.88. The summed E-state index contributed by atoms with van der Waals surface area (Å²) in [5.74, 6) is 2.79. The SMILES string of the molecule is N#CC1CCC([C@H]2CC[C@H](/C=C/CCF)CC2)CC1. The summed E-state index contributed by atoms with van der Waals surface area (Å²) < 4.78 is 12.0. The quantitative estimate of drug-likeness (QED) is 0.652. The molecule has 0 heterocycles. The van der Waals surface area contributed by atoms with Crippen molar-refractivity contribution in [2.45, 2.75) is 57.8 Å². The van der Waals surface area contributed by atoms with Crippen LogP contribution in [0, 0.1) is 35.0 Å². The predicted molar refractivity (Wildman–Crippen MR) is 76.2 cm³/mol. The molecule has 0 aromatic heterocycles. The summed E-state index contributed by atoms with van der Waals surface area (Å²) in [6.07, 6.45) is 14.9. The van der Waals surface area contributed by atoms with Gasteiger partial charge < -0.3 is 0 Å². The molecule has 0 amide bonds. The van der Waals surface area contributed by atoms with Crippen LogP contribution in [-0.2, 0) is 0 Å². The molecule has 0 aromatic rings. The van der Waals surface area contributed by atoms with Crippen molar-refractivity contribution < 1.29 is 4.39 Å². The van der Waals surface area contributed by atoms with Gasteiger partial charge in [0, 0.05) is 5.92 Å². The van der Waals surface area contributed by atoms with Crippen molar-refractivity contribution in [2.24, 2.45) is 23.7 Å². The number of nitrogens with zero attached hydrogens (tertiary/aromatic N) is 1. The molecule has 106 valence electrons. The minimum absolute atomic E-state index is 0.228. The second-order valence-corrected chi connectivity index (χ2v) is 6.32. The molecule has 1 nitrogen and oxygen atoms in total. The lowest BCUT2D eigenvalue weighted by atomic mass is 9.69. The van der Waals surface area contributed by atoms with Crippen molar-refractivity contribution in [3.8, 4) is 6.07 Å². The van der Waals surface area contributed by atoms with Crippen molar-refractivity contribution in [3.05, 3.63) is 12.2 Å². The highest BCUT2D eigenvalue weighted by Crippen LogP contribution is 2.41. The first-order valence-electron chi connectivity index (χ1n) is 7.95. The number of allylic oxidation sites excluding steroid dienone is 2. The maximum Gasteiger partial charge on any atom is 0.0928 e. The van der Waals surface area contributed by atoms with Crippen LogP contribution in [0.25, 0.3) is 0 Å². The Morgan fingerprint density at radius 3 is 2.05 bits per heavy atom. The Morgan fingerprint density at radius 2 is 1.53 bits per heavy atom. The van der Waals surface area contributed by atoms with E-state index in [1.807, 2.05) is 6.08 Å². The topological polar surface area (TPSA) is 23.8 Å². The average Bonchev–Trinajstić information content (AvgIpc) is 2.48. The molecule has 0 bridgehead atoms. The lowest BCUT2D eigenvalue weighted by molar-refractivity contribution is 0.168. The highest BCUT2D eigenvalue weighted by Gasteiger charge is 2.30. The number of hydrogen-bond acceptors (Lipinski definition) is 1. The Labute approximate surface area is 116 Å². The second kappa shape index (κ2) is 7.68. The van der Waals surface area contributed by atoms with E-state index in [9.17, 15) is 4.39 Å². The van der Waals surface area contributed by atoms with Gasteiger partial charge in [0.25, 0.3) is 0 Å². The summed E-state index contributed by atoms with van der Waals surface area (Å²) in [6.45, 7) is -0.228. The Morgan fingerprint density at radius 1 is 0.947 bits per heavy atom. The molecule has 0 N–H and O–H groups in total. The van der Waals surface area contributed by atoms with Crippen LogP contribution in [0.4, 0.5) is 4.39 Å².